The molecule has 1 aliphatic rings. The number of nitrogens with zero attached hydrogens (tertiary/aromatic N) is 2. The molecule has 2 heterocycles. The van der Waals surface area contributed by atoms with Crippen LogP contribution in [0.25, 0.3) is 10.9 Å². The summed E-state index contributed by atoms with van der Waals surface area (Å²) in [5, 5.41) is 9.47. The highest BCUT2D eigenvalue weighted by molar-refractivity contribution is 6.26. The zero-order chi connectivity index (χ0) is 22.4. The van der Waals surface area contributed by atoms with Crippen molar-refractivity contribution < 1.29 is 32.7 Å². The molecule has 158 valence electrons. The van der Waals surface area contributed by atoms with Crippen molar-refractivity contribution in [2.24, 2.45) is 10.7 Å². The van der Waals surface area contributed by atoms with Crippen LogP contribution < -0.4 is 5.73 Å². The van der Waals surface area contributed by atoms with Crippen molar-refractivity contribution >= 4 is 34.3 Å². The molecule has 4 rings (SSSR count). The molecule has 1 aromatic heterocycles. The highest BCUT2D eigenvalue weighted by Crippen LogP contribution is 2.34. The summed E-state index contributed by atoms with van der Waals surface area (Å²) in [5.41, 5.74) is 6.10. The van der Waals surface area contributed by atoms with Crippen LogP contribution >= 0.6 is 0 Å². The number of amides is 1. The van der Waals surface area contributed by atoms with Gasteiger partial charge in [0.2, 0.25) is 5.91 Å². The lowest BCUT2D eigenvalue weighted by Crippen LogP contribution is -2.24. The molecule has 1 aliphatic heterocycles. The van der Waals surface area contributed by atoms with Crippen molar-refractivity contribution in [3.05, 3.63) is 70.2 Å². The first kappa shape index (κ1) is 20.3. The number of hydrogen-bond donors (Lipinski definition) is 2. The highest BCUT2D eigenvalue weighted by Gasteiger charge is 2.32. The van der Waals surface area contributed by atoms with Gasteiger partial charge >= 0.3 is 5.97 Å². The number of aliphatic imine (C=N–C) groups is 1. The molecule has 0 unspecified atom stereocenters. The summed E-state index contributed by atoms with van der Waals surface area (Å²) in [6, 6.07) is 6.08. The molecular weight excluding hydrogens is 415 g/mol. The third-order valence-electron chi connectivity index (χ3n) is 5.02. The fourth-order valence-corrected chi connectivity index (χ4v) is 3.83. The number of carbonyl (C=O) groups excluding carboxylic acids is 2. The molecule has 0 spiro atoms. The molecule has 0 aliphatic carbocycles. The standard InChI is InChI=1S/C21H14F3N3O4/c22-11-4-9(5-12(23)19(11)24)8-27-14-3-1-2-10(21(25)31)17(14)18-15(28)7-26-13(20(18)27)6-16(29)30/h1-5H,6-8H2,(H2,25,31)(H,29,30). The first-order valence-corrected chi connectivity index (χ1v) is 9.06. The van der Waals surface area contributed by atoms with Gasteiger partial charge < -0.3 is 15.4 Å². The number of halogens is 3. The van der Waals surface area contributed by atoms with E-state index in [0.717, 1.165) is 12.1 Å². The van der Waals surface area contributed by atoms with E-state index in [2.05, 4.69) is 4.99 Å². The molecule has 0 bridgehead atoms. The number of aliphatic carboxylic acids is 1. The summed E-state index contributed by atoms with van der Waals surface area (Å²) in [4.78, 5) is 40.1. The Hall–Kier alpha value is -3.95. The van der Waals surface area contributed by atoms with Gasteiger partial charge in [-0.3, -0.25) is 19.4 Å². The molecule has 1 amide bonds. The number of hydrogen-bond acceptors (Lipinski definition) is 4. The Bertz CT molecular complexity index is 1300. The molecule has 10 heteroatoms. The van der Waals surface area contributed by atoms with Gasteiger partial charge in [-0.15, -0.1) is 0 Å². The Morgan fingerprint density at radius 3 is 2.45 bits per heavy atom. The lowest BCUT2D eigenvalue weighted by atomic mass is 9.96. The van der Waals surface area contributed by atoms with Crippen LogP contribution in [0.3, 0.4) is 0 Å². The van der Waals surface area contributed by atoms with E-state index in [9.17, 15) is 32.7 Å². The van der Waals surface area contributed by atoms with Crippen LogP contribution in [0.1, 0.15) is 38.4 Å². The number of benzene rings is 2. The van der Waals surface area contributed by atoms with Gasteiger partial charge in [0, 0.05) is 17.5 Å². The van der Waals surface area contributed by atoms with E-state index in [4.69, 9.17) is 5.73 Å². The lowest BCUT2D eigenvalue weighted by Gasteiger charge is -2.16. The third-order valence-corrected chi connectivity index (χ3v) is 5.02. The van der Waals surface area contributed by atoms with Crippen LogP contribution in [0.15, 0.2) is 35.3 Å². The molecule has 0 radical (unpaired) electrons. The maximum atomic E-state index is 13.8. The Kier molecular flexibility index (Phi) is 4.84. The maximum absolute atomic E-state index is 13.8. The minimum Gasteiger partial charge on any atom is -0.481 e. The summed E-state index contributed by atoms with van der Waals surface area (Å²) in [5.74, 6) is -6.88. The van der Waals surface area contributed by atoms with E-state index >= 15 is 0 Å². The zero-order valence-corrected chi connectivity index (χ0v) is 15.8. The molecule has 7 nitrogen and oxygen atoms in total. The maximum Gasteiger partial charge on any atom is 0.309 e. The van der Waals surface area contributed by atoms with Gasteiger partial charge in [0.1, 0.15) is 6.54 Å². The number of Topliss-reactive ketones (excluding diaryl/α,β-unsaturated/α-hetero) is 1. The Labute approximate surface area is 172 Å². The largest absolute Gasteiger partial charge is 0.481 e. The first-order chi connectivity index (χ1) is 14.7. The number of carboxylic acids is 1. The molecule has 0 fully saturated rings. The quantitative estimate of drug-likeness (QED) is 0.607. The van der Waals surface area contributed by atoms with Crippen molar-refractivity contribution in [2.75, 3.05) is 6.54 Å². The molecule has 0 saturated heterocycles. The second-order valence-electron chi connectivity index (χ2n) is 7.00. The monoisotopic (exact) mass is 429 g/mol. The van der Waals surface area contributed by atoms with Gasteiger partial charge in [-0.1, -0.05) is 6.07 Å². The molecular formula is C21H14F3N3O4. The number of primary amides is 1. The number of aromatic nitrogens is 1. The van der Waals surface area contributed by atoms with Crippen LogP contribution in [0.5, 0.6) is 0 Å². The average molecular weight is 429 g/mol. The van der Waals surface area contributed by atoms with Gasteiger partial charge in [0.15, 0.2) is 23.2 Å². The van der Waals surface area contributed by atoms with E-state index in [1.807, 2.05) is 0 Å². The van der Waals surface area contributed by atoms with Gasteiger partial charge in [0.25, 0.3) is 0 Å². The lowest BCUT2D eigenvalue weighted by molar-refractivity contribution is -0.135. The fraction of sp³-hybridized carbons (Fsp3) is 0.143. The van der Waals surface area contributed by atoms with Crippen molar-refractivity contribution in [2.45, 2.75) is 13.0 Å². The van der Waals surface area contributed by atoms with E-state index in [-0.39, 0.29) is 46.6 Å². The van der Waals surface area contributed by atoms with Gasteiger partial charge in [-0.2, -0.15) is 0 Å². The van der Waals surface area contributed by atoms with Crippen LogP contribution in [0.2, 0.25) is 0 Å². The summed E-state index contributed by atoms with van der Waals surface area (Å²) >= 11 is 0. The van der Waals surface area contributed by atoms with Gasteiger partial charge in [-0.05, 0) is 29.8 Å². The number of carbonyl (C=O) groups is 3. The van der Waals surface area contributed by atoms with Gasteiger partial charge in [-0.25, -0.2) is 13.2 Å². The van der Waals surface area contributed by atoms with E-state index in [1.54, 1.807) is 6.07 Å². The van der Waals surface area contributed by atoms with Crippen LogP contribution in [-0.2, 0) is 11.3 Å². The zero-order valence-electron chi connectivity index (χ0n) is 15.8. The summed E-state index contributed by atoms with van der Waals surface area (Å²) in [6.07, 6.45) is -0.519. The van der Waals surface area contributed by atoms with Gasteiger partial charge in [0.05, 0.1) is 28.9 Å². The molecule has 0 atom stereocenters. The predicted octanol–water partition coefficient (Wildman–Crippen LogP) is 2.67. The van der Waals surface area contributed by atoms with Crippen molar-refractivity contribution in [3.63, 3.8) is 0 Å². The van der Waals surface area contributed by atoms with Crippen molar-refractivity contribution in [1.29, 1.82) is 0 Å². The first-order valence-electron chi connectivity index (χ1n) is 9.06. The minimum absolute atomic E-state index is 0.0216. The number of carboxylic acid groups (broad SMARTS) is 1. The molecule has 3 N–H and O–H groups in total. The van der Waals surface area contributed by atoms with Crippen LogP contribution in [-0.4, -0.2) is 39.6 Å². The number of nitrogens with two attached hydrogens (primary N) is 1. The second kappa shape index (κ2) is 7.38. The normalized spacial score (nSPS) is 13.3. The highest BCUT2D eigenvalue weighted by atomic mass is 19.2. The predicted molar refractivity (Wildman–Crippen MR) is 104 cm³/mol. The number of fused-ring (bicyclic) bond motifs is 3. The topological polar surface area (TPSA) is 115 Å². The molecule has 3 aromatic rings. The molecule has 31 heavy (non-hydrogen) atoms. The van der Waals surface area contributed by atoms with Crippen LogP contribution in [0, 0.1) is 17.5 Å². The van der Waals surface area contributed by atoms with E-state index < -0.39 is 41.5 Å². The van der Waals surface area contributed by atoms with Crippen LogP contribution in [0.4, 0.5) is 13.2 Å². The van der Waals surface area contributed by atoms with Crippen molar-refractivity contribution in [3.8, 4) is 0 Å². The smallest absolute Gasteiger partial charge is 0.309 e. The third kappa shape index (κ3) is 3.35. The molecule has 2 aromatic carbocycles. The number of rotatable bonds is 5. The second-order valence-corrected chi connectivity index (χ2v) is 7.00. The SMILES string of the molecule is NC(=O)c1cccc2c1c1c(n2Cc2cc(F)c(F)c(F)c2)C(CC(=O)O)=NCC1=O. The molecule has 0 saturated carbocycles. The van der Waals surface area contributed by atoms with E-state index in [1.165, 1.54) is 16.7 Å². The Balaban J connectivity index is 2.04. The van der Waals surface area contributed by atoms with Crippen molar-refractivity contribution in [1.82, 2.24) is 4.57 Å². The Morgan fingerprint density at radius 2 is 1.84 bits per heavy atom. The van der Waals surface area contributed by atoms with E-state index in [0.29, 0.717) is 5.52 Å². The summed E-state index contributed by atoms with van der Waals surface area (Å²) < 4.78 is 42.3. The average Bonchev–Trinajstić information content (AvgIpc) is 3.03. The minimum atomic E-state index is -1.62. The fourth-order valence-electron chi connectivity index (χ4n) is 3.83. The summed E-state index contributed by atoms with van der Waals surface area (Å²) in [6.45, 7) is -0.560. The Morgan fingerprint density at radius 1 is 1.16 bits per heavy atom. The number of ketones is 1. The summed E-state index contributed by atoms with van der Waals surface area (Å²) in [7, 11) is 0.